The zero-order chi connectivity index (χ0) is 20.3. The molecule has 1 heterocycles. The van der Waals surface area contributed by atoms with Gasteiger partial charge in [0.1, 0.15) is 5.75 Å². The lowest BCUT2D eigenvalue weighted by atomic mass is 10.2. The summed E-state index contributed by atoms with van der Waals surface area (Å²) in [5, 5.41) is 20.4. The Kier molecular flexibility index (Phi) is 5.59. The lowest BCUT2D eigenvalue weighted by molar-refractivity contribution is -0.137. The van der Waals surface area contributed by atoms with Gasteiger partial charge in [0, 0.05) is 18.3 Å². The number of carbonyl (C=O) groups is 1. The van der Waals surface area contributed by atoms with Gasteiger partial charge in [0.2, 0.25) is 5.91 Å². The van der Waals surface area contributed by atoms with Crippen molar-refractivity contribution in [3.63, 3.8) is 0 Å². The first-order chi connectivity index (χ1) is 13.2. The molecule has 3 rings (SSSR count). The molecule has 0 fully saturated rings. The molecule has 0 unspecified atom stereocenters. The van der Waals surface area contributed by atoms with Gasteiger partial charge in [-0.05, 0) is 42.5 Å². The number of amides is 1. The first-order valence-electron chi connectivity index (χ1n) is 8.03. The minimum atomic E-state index is -4.47. The molecule has 0 spiro atoms. The van der Waals surface area contributed by atoms with Gasteiger partial charge in [-0.1, -0.05) is 17.8 Å². The number of nitrogens with zero attached hydrogens (tertiary/aromatic N) is 3. The molecule has 0 saturated carbocycles. The smallest absolute Gasteiger partial charge is 0.416 e. The highest BCUT2D eigenvalue weighted by atomic mass is 32.2. The number of phenols is 1. The fourth-order valence-corrected chi connectivity index (χ4v) is 3.11. The number of rotatable bonds is 5. The second kappa shape index (κ2) is 7.93. The molecule has 146 valence electrons. The van der Waals surface area contributed by atoms with Crippen LogP contribution in [-0.2, 0) is 18.0 Å². The van der Waals surface area contributed by atoms with Crippen molar-refractivity contribution < 1.29 is 23.1 Å². The third-order valence-corrected chi connectivity index (χ3v) is 4.79. The Balaban J connectivity index is 1.63. The van der Waals surface area contributed by atoms with Gasteiger partial charge in [-0.2, -0.15) is 13.2 Å². The number of nitrogens with one attached hydrogen (secondary N) is 1. The van der Waals surface area contributed by atoms with Crippen LogP contribution in [-0.4, -0.2) is 31.5 Å². The Bertz CT molecular complexity index is 987. The summed E-state index contributed by atoms with van der Waals surface area (Å²) in [6.07, 6.45) is -4.47. The molecule has 28 heavy (non-hydrogen) atoms. The number of aromatic nitrogens is 3. The van der Waals surface area contributed by atoms with Crippen molar-refractivity contribution in [2.75, 3.05) is 11.1 Å². The number of anilines is 1. The molecule has 1 aromatic heterocycles. The van der Waals surface area contributed by atoms with E-state index in [0.717, 1.165) is 29.5 Å². The van der Waals surface area contributed by atoms with Crippen molar-refractivity contribution in [3.8, 4) is 17.1 Å². The molecule has 2 N–H and O–H groups in total. The van der Waals surface area contributed by atoms with Crippen LogP contribution >= 0.6 is 11.8 Å². The van der Waals surface area contributed by atoms with Gasteiger partial charge in [-0.25, -0.2) is 0 Å². The van der Waals surface area contributed by atoms with Gasteiger partial charge in [-0.3, -0.25) is 4.79 Å². The summed E-state index contributed by atoms with van der Waals surface area (Å²) in [4.78, 5) is 12.1. The molecule has 0 bridgehead atoms. The van der Waals surface area contributed by atoms with Gasteiger partial charge in [0.05, 0.1) is 11.3 Å². The summed E-state index contributed by atoms with van der Waals surface area (Å²) >= 11 is 1.11. The normalized spacial score (nSPS) is 11.4. The third kappa shape index (κ3) is 4.63. The third-order valence-electron chi connectivity index (χ3n) is 3.77. The molecular formula is C18H15F3N4O2S. The van der Waals surface area contributed by atoms with Crippen molar-refractivity contribution in [1.82, 2.24) is 14.8 Å². The number of aromatic hydroxyl groups is 1. The maximum Gasteiger partial charge on any atom is 0.416 e. The van der Waals surface area contributed by atoms with E-state index in [0.29, 0.717) is 11.0 Å². The van der Waals surface area contributed by atoms with Crippen molar-refractivity contribution in [2.24, 2.45) is 7.05 Å². The topological polar surface area (TPSA) is 80.0 Å². The van der Waals surface area contributed by atoms with Crippen LogP contribution in [0.5, 0.6) is 5.75 Å². The van der Waals surface area contributed by atoms with Crippen molar-refractivity contribution in [3.05, 3.63) is 54.1 Å². The number of halogens is 3. The van der Waals surface area contributed by atoms with Crippen LogP contribution in [0.15, 0.2) is 53.7 Å². The van der Waals surface area contributed by atoms with Gasteiger partial charge < -0.3 is 15.0 Å². The Morgan fingerprint density at radius 1 is 1.18 bits per heavy atom. The second-order valence-corrected chi connectivity index (χ2v) is 6.77. The van der Waals surface area contributed by atoms with E-state index in [-0.39, 0.29) is 17.2 Å². The zero-order valence-corrected chi connectivity index (χ0v) is 15.4. The lowest BCUT2D eigenvalue weighted by Gasteiger charge is -2.09. The van der Waals surface area contributed by atoms with E-state index in [1.54, 1.807) is 23.7 Å². The van der Waals surface area contributed by atoms with Crippen molar-refractivity contribution >= 4 is 23.4 Å². The van der Waals surface area contributed by atoms with Crippen LogP contribution in [0.25, 0.3) is 11.4 Å². The van der Waals surface area contributed by atoms with Gasteiger partial charge in [-0.15, -0.1) is 10.2 Å². The first kappa shape index (κ1) is 19.7. The zero-order valence-electron chi connectivity index (χ0n) is 14.6. The van der Waals surface area contributed by atoms with Gasteiger partial charge >= 0.3 is 6.18 Å². The molecule has 6 nitrogen and oxygen atoms in total. The molecule has 0 radical (unpaired) electrons. The summed E-state index contributed by atoms with van der Waals surface area (Å²) in [6, 6.07) is 10.9. The number of alkyl halides is 3. The fraction of sp³-hybridized carbons (Fsp3) is 0.167. The maximum absolute atomic E-state index is 12.7. The molecule has 0 saturated heterocycles. The van der Waals surface area contributed by atoms with E-state index in [1.807, 2.05) is 0 Å². The van der Waals surface area contributed by atoms with Gasteiger partial charge in [0.25, 0.3) is 0 Å². The van der Waals surface area contributed by atoms with E-state index in [9.17, 15) is 23.1 Å². The second-order valence-electron chi connectivity index (χ2n) is 5.83. The number of phenolic OH excluding ortho intramolecular Hbond substituents is 1. The van der Waals surface area contributed by atoms with E-state index in [1.165, 1.54) is 24.3 Å². The van der Waals surface area contributed by atoms with Crippen LogP contribution in [0.2, 0.25) is 0 Å². The quantitative estimate of drug-likeness (QED) is 0.625. The predicted octanol–water partition coefficient (Wildman–Crippen LogP) is 3.94. The number of benzene rings is 2. The Morgan fingerprint density at radius 2 is 1.89 bits per heavy atom. The number of carbonyl (C=O) groups excluding carboxylic acids is 1. The van der Waals surface area contributed by atoms with E-state index >= 15 is 0 Å². The number of hydrogen-bond donors (Lipinski definition) is 2. The molecule has 0 aliphatic heterocycles. The molecule has 3 aromatic rings. The number of hydrogen-bond acceptors (Lipinski definition) is 5. The monoisotopic (exact) mass is 408 g/mol. The maximum atomic E-state index is 12.7. The molecule has 0 atom stereocenters. The lowest BCUT2D eigenvalue weighted by Crippen LogP contribution is -2.15. The van der Waals surface area contributed by atoms with E-state index < -0.39 is 17.6 Å². The number of thioether (sulfide) groups is 1. The van der Waals surface area contributed by atoms with Crippen LogP contribution in [0.4, 0.5) is 18.9 Å². The molecular weight excluding hydrogens is 393 g/mol. The van der Waals surface area contributed by atoms with Gasteiger partial charge in [0.15, 0.2) is 11.0 Å². The van der Waals surface area contributed by atoms with E-state index in [4.69, 9.17) is 0 Å². The minimum absolute atomic E-state index is 0.0439. The summed E-state index contributed by atoms with van der Waals surface area (Å²) in [7, 11) is 1.73. The molecule has 1 amide bonds. The molecule has 0 aliphatic rings. The summed E-state index contributed by atoms with van der Waals surface area (Å²) < 4.78 is 39.9. The Hall–Kier alpha value is -3.01. The first-order valence-corrected chi connectivity index (χ1v) is 9.01. The van der Waals surface area contributed by atoms with Crippen LogP contribution in [0, 0.1) is 0 Å². The highest BCUT2D eigenvalue weighted by molar-refractivity contribution is 7.99. The highest BCUT2D eigenvalue weighted by Gasteiger charge is 2.30. The summed E-state index contributed by atoms with van der Waals surface area (Å²) in [6.45, 7) is 0. The fourth-order valence-electron chi connectivity index (χ4n) is 2.40. The van der Waals surface area contributed by atoms with Crippen molar-refractivity contribution in [2.45, 2.75) is 11.3 Å². The highest BCUT2D eigenvalue weighted by Crippen LogP contribution is 2.31. The Labute approximate surface area is 162 Å². The van der Waals surface area contributed by atoms with Crippen molar-refractivity contribution in [1.29, 1.82) is 0 Å². The average Bonchev–Trinajstić information content (AvgIpc) is 3.01. The van der Waals surface area contributed by atoms with Crippen LogP contribution in [0.3, 0.4) is 0 Å². The summed E-state index contributed by atoms with van der Waals surface area (Å²) in [5.41, 5.74) is -0.0129. The average molecular weight is 408 g/mol. The molecule has 10 heteroatoms. The largest absolute Gasteiger partial charge is 0.508 e. The van der Waals surface area contributed by atoms with Crippen LogP contribution < -0.4 is 5.32 Å². The standard InChI is InChI=1S/C18H15F3N4O2S/c1-25-16(11-5-7-14(26)8-6-11)23-24-17(25)28-10-15(27)22-13-4-2-3-12(9-13)18(19,20)21/h2-9,26H,10H2,1H3,(H,22,27). The summed E-state index contributed by atoms with van der Waals surface area (Å²) in [5.74, 6) is 0.184. The molecule has 0 aliphatic carbocycles. The predicted molar refractivity (Wildman–Crippen MR) is 98.9 cm³/mol. The Morgan fingerprint density at radius 3 is 2.57 bits per heavy atom. The minimum Gasteiger partial charge on any atom is -0.508 e. The molecule has 2 aromatic carbocycles. The SMILES string of the molecule is Cn1c(SCC(=O)Nc2cccc(C(F)(F)F)c2)nnc1-c1ccc(O)cc1. The van der Waals surface area contributed by atoms with Crippen LogP contribution in [0.1, 0.15) is 5.56 Å². The van der Waals surface area contributed by atoms with E-state index in [2.05, 4.69) is 15.5 Å².